The minimum atomic E-state index is -0.0510. The van der Waals surface area contributed by atoms with E-state index in [1.165, 1.54) is 71.9 Å². The number of hydrogen-bond donors (Lipinski definition) is 0. The van der Waals surface area contributed by atoms with Gasteiger partial charge in [-0.25, -0.2) is 0 Å². The van der Waals surface area contributed by atoms with Crippen LogP contribution in [0.15, 0.2) is 24.3 Å². The number of hydrogen-bond acceptors (Lipinski definition) is 4. The van der Waals surface area contributed by atoms with Gasteiger partial charge in [0, 0.05) is 22.3 Å². The Morgan fingerprint density at radius 2 is 0.824 bits per heavy atom. The van der Waals surface area contributed by atoms with Crippen LogP contribution in [-0.4, -0.2) is 38.6 Å². The molecule has 4 unspecified atom stereocenters. The molecule has 0 N–H and O–H groups in total. The maximum atomic E-state index is 6.83. The SMILES string of the molecule is CCCC(CCCOc1c(C(C)(C)C)cc(Cc2cc(C(C)(C)C)c(OCCCC(CCC)C3CO3)c(C(C)(C)C)c2)cc1C(C)(C)C)C1CO1. The van der Waals surface area contributed by atoms with Crippen LogP contribution in [-0.2, 0) is 37.6 Å². The van der Waals surface area contributed by atoms with Gasteiger partial charge >= 0.3 is 0 Å². The first-order valence-corrected chi connectivity index (χ1v) is 20.6. The molecule has 51 heavy (non-hydrogen) atoms. The van der Waals surface area contributed by atoms with Gasteiger partial charge in [-0.1, -0.05) is 134 Å². The third kappa shape index (κ3) is 12.0. The van der Waals surface area contributed by atoms with E-state index in [0.717, 1.165) is 57.2 Å². The molecule has 0 radical (unpaired) electrons. The lowest BCUT2D eigenvalue weighted by Gasteiger charge is -2.32. The third-order valence-corrected chi connectivity index (χ3v) is 11.0. The van der Waals surface area contributed by atoms with Crippen molar-refractivity contribution in [3.05, 3.63) is 57.6 Å². The van der Waals surface area contributed by atoms with E-state index >= 15 is 0 Å². The Morgan fingerprint density at radius 3 is 1.06 bits per heavy atom. The highest BCUT2D eigenvalue weighted by atomic mass is 16.6. The summed E-state index contributed by atoms with van der Waals surface area (Å²) in [6.45, 7) is 35.9. The summed E-state index contributed by atoms with van der Waals surface area (Å²) >= 11 is 0. The van der Waals surface area contributed by atoms with Crippen LogP contribution < -0.4 is 9.47 Å². The summed E-state index contributed by atoms with van der Waals surface area (Å²) in [6.07, 6.45) is 11.2. The molecule has 2 aromatic carbocycles. The molecule has 0 bridgehead atoms. The zero-order valence-corrected chi connectivity index (χ0v) is 35.4. The van der Waals surface area contributed by atoms with Crippen LogP contribution in [0.5, 0.6) is 11.5 Å². The van der Waals surface area contributed by atoms with Crippen molar-refractivity contribution in [2.45, 2.75) is 189 Å². The molecule has 0 amide bonds. The number of benzene rings is 2. The van der Waals surface area contributed by atoms with Gasteiger partial charge in [-0.15, -0.1) is 0 Å². The van der Waals surface area contributed by atoms with E-state index < -0.39 is 0 Å². The van der Waals surface area contributed by atoms with Gasteiger partial charge in [0.25, 0.3) is 0 Å². The molecule has 2 fully saturated rings. The second-order valence-corrected chi connectivity index (χ2v) is 20.0. The zero-order chi connectivity index (χ0) is 37.8. The fraction of sp³-hybridized carbons (Fsp3) is 0.745. The van der Waals surface area contributed by atoms with Crippen molar-refractivity contribution in [1.82, 2.24) is 0 Å². The van der Waals surface area contributed by atoms with Gasteiger partial charge < -0.3 is 18.9 Å². The van der Waals surface area contributed by atoms with Crippen LogP contribution in [0.2, 0.25) is 0 Å². The number of rotatable bonds is 18. The fourth-order valence-corrected chi connectivity index (χ4v) is 7.83. The van der Waals surface area contributed by atoms with Crippen LogP contribution in [0.4, 0.5) is 0 Å². The van der Waals surface area contributed by atoms with Crippen molar-refractivity contribution in [1.29, 1.82) is 0 Å². The minimum absolute atomic E-state index is 0.0510. The zero-order valence-electron chi connectivity index (χ0n) is 35.4. The summed E-state index contributed by atoms with van der Waals surface area (Å²) in [6, 6.07) is 9.76. The summed E-state index contributed by atoms with van der Waals surface area (Å²) in [5, 5.41) is 0. The molecule has 2 heterocycles. The van der Waals surface area contributed by atoms with Crippen molar-refractivity contribution in [2.75, 3.05) is 26.4 Å². The van der Waals surface area contributed by atoms with Crippen molar-refractivity contribution >= 4 is 0 Å². The molecule has 2 aliphatic heterocycles. The molecule has 4 rings (SSSR count). The molecular formula is C47H76O4. The lowest BCUT2D eigenvalue weighted by atomic mass is 9.76. The van der Waals surface area contributed by atoms with Gasteiger partial charge in [0.2, 0.25) is 0 Å². The molecule has 0 aliphatic carbocycles. The van der Waals surface area contributed by atoms with Crippen LogP contribution in [0.1, 0.15) is 182 Å². The van der Waals surface area contributed by atoms with Crippen LogP contribution in [0.25, 0.3) is 0 Å². The second kappa shape index (κ2) is 17.0. The average Bonchev–Trinajstić information content (AvgIpc) is 3.93. The summed E-state index contributed by atoms with van der Waals surface area (Å²) in [5.74, 6) is 3.52. The molecule has 2 saturated heterocycles. The van der Waals surface area contributed by atoms with E-state index in [1.807, 2.05) is 0 Å². The standard InChI is InChI=1S/C47H76O4/c1-15-19-34(40-30-50-40)21-17-23-48-42-36(44(3,4)5)26-32(27-37(42)45(6,7)8)25-33-28-38(46(9,10)11)43(39(29-33)47(12,13)14)49-24-18-22-35(20-16-2)41-31-51-41/h26-29,34-35,40-41H,15-25,30-31H2,1-14H3. The third-order valence-electron chi connectivity index (χ3n) is 11.0. The van der Waals surface area contributed by atoms with Gasteiger partial charge in [-0.05, 0) is 89.6 Å². The van der Waals surface area contributed by atoms with Gasteiger partial charge in [-0.2, -0.15) is 0 Å². The highest BCUT2D eigenvalue weighted by molar-refractivity contribution is 5.54. The van der Waals surface area contributed by atoms with E-state index in [4.69, 9.17) is 18.9 Å². The first-order valence-electron chi connectivity index (χ1n) is 20.6. The van der Waals surface area contributed by atoms with Crippen molar-refractivity contribution in [2.24, 2.45) is 11.8 Å². The Labute approximate surface area is 314 Å². The molecule has 0 spiro atoms. The maximum Gasteiger partial charge on any atom is 0.126 e. The topological polar surface area (TPSA) is 43.5 Å². The Kier molecular flexibility index (Phi) is 13.9. The van der Waals surface area contributed by atoms with Crippen molar-refractivity contribution < 1.29 is 18.9 Å². The fourth-order valence-electron chi connectivity index (χ4n) is 7.83. The van der Waals surface area contributed by atoms with Crippen molar-refractivity contribution in [3.8, 4) is 11.5 Å². The Balaban J connectivity index is 1.64. The van der Waals surface area contributed by atoms with Crippen LogP contribution in [0.3, 0.4) is 0 Å². The summed E-state index contributed by atoms with van der Waals surface area (Å²) in [4.78, 5) is 0. The molecule has 0 aromatic heterocycles. The van der Waals surface area contributed by atoms with Gasteiger partial charge in [-0.3, -0.25) is 0 Å². The molecule has 288 valence electrons. The van der Waals surface area contributed by atoms with E-state index in [-0.39, 0.29) is 21.7 Å². The molecular weight excluding hydrogens is 629 g/mol. The monoisotopic (exact) mass is 705 g/mol. The van der Waals surface area contributed by atoms with E-state index in [0.29, 0.717) is 24.0 Å². The number of epoxide rings is 2. The normalized spacial score (nSPS) is 19.2. The van der Waals surface area contributed by atoms with Crippen molar-refractivity contribution in [3.63, 3.8) is 0 Å². The highest BCUT2D eigenvalue weighted by Crippen LogP contribution is 2.44. The molecule has 4 nitrogen and oxygen atoms in total. The first kappa shape index (κ1) is 41.7. The maximum absolute atomic E-state index is 6.83. The molecule has 4 atom stereocenters. The Bertz CT molecular complexity index is 1220. The summed E-state index contributed by atoms with van der Waals surface area (Å²) in [5.41, 5.74) is 7.74. The summed E-state index contributed by atoms with van der Waals surface area (Å²) < 4.78 is 25.0. The van der Waals surface area contributed by atoms with Crippen LogP contribution >= 0.6 is 0 Å². The highest BCUT2D eigenvalue weighted by Gasteiger charge is 2.34. The van der Waals surface area contributed by atoms with Gasteiger partial charge in [0.15, 0.2) is 0 Å². The van der Waals surface area contributed by atoms with E-state index in [9.17, 15) is 0 Å². The first-order chi connectivity index (χ1) is 23.7. The smallest absolute Gasteiger partial charge is 0.126 e. The quantitative estimate of drug-likeness (QED) is 0.114. The van der Waals surface area contributed by atoms with E-state index in [2.05, 4.69) is 121 Å². The molecule has 2 aromatic rings. The van der Waals surface area contributed by atoms with Crippen LogP contribution in [0, 0.1) is 11.8 Å². The Hall–Kier alpha value is -2.04. The lowest BCUT2D eigenvalue weighted by molar-refractivity contribution is 0.252. The lowest BCUT2D eigenvalue weighted by Crippen LogP contribution is -2.22. The summed E-state index contributed by atoms with van der Waals surface area (Å²) in [7, 11) is 0. The molecule has 4 heteroatoms. The van der Waals surface area contributed by atoms with Gasteiger partial charge in [0.1, 0.15) is 11.5 Å². The predicted octanol–water partition coefficient (Wildman–Crippen LogP) is 12.4. The predicted molar refractivity (Wildman–Crippen MR) is 216 cm³/mol. The van der Waals surface area contributed by atoms with E-state index in [1.54, 1.807) is 0 Å². The second-order valence-electron chi connectivity index (χ2n) is 20.0. The number of ether oxygens (including phenoxy) is 4. The minimum Gasteiger partial charge on any atom is -0.493 e. The van der Waals surface area contributed by atoms with Gasteiger partial charge in [0.05, 0.1) is 38.6 Å². The molecule has 2 aliphatic rings. The Morgan fingerprint density at radius 1 is 0.529 bits per heavy atom. The average molecular weight is 705 g/mol. The largest absolute Gasteiger partial charge is 0.493 e. The molecule has 0 saturated carbocycles.